The van der Waals surface area contributed by atoms with E-state index >= 15 is 0 Å². The second-order valence-electron chi connectivity index (χ2n) is 3.41. The molecule has 1 N–H and O–H groups in total. The Morgan fingerprint density at radius 1 is 1.50 bits per heavy atom. The van der Waals surface area contributed by atoms with Crippen LogP contribution in [0.3, 0.4) is 0 Å². The Balaban J connectivity index is 2.51. The molecule has 0 saturated carbocycles. The summed E-state index contributed by atoms with van der Waals surface area (Å²) in [5, 5.41) is 3.24. The third-order valence-electron chi connectivity index (χ3n) is 2.12. The third kappa shape index (κ3) is 4.63. The van der Waals surface area contributed by atoms with Crippen LogP contribution in [0.2, 0.25) is 0 Å². The van der Waals surface area contributed by atoms with Crippen LogP contribution in [0, 0.1) is 0 Å². The normalized spacial score (nSPS) is 12.4. The van der Waals surface area contributed by atoms with E-state index in [-0.39, 0.29) is 0 Å². The summed E-state index contributed by atoms with van der Waals surface area (Å²) in [7, 11) is 0.923. The summed E-state index contributed by atoms with van der Waals surface area (Å²) in [4.78, 5) is 0. The Morgan fingerprint density at radius 3 is 2.88 bits per heavy atom. The van der Waals surface area contributed by atoms with Crippen molar-refractivity contribution in [2.75, 3.05) is 25.7 Å². The molecule has 1 atom stereocenters. The van der Waals surface area contributed by atoms with E-state index in [0.717, 1.165) is 28.9 Å². The molecule has 0 radical (unpaired) electrons. The maximum Gasteiger partial charge on any atom is 0.123 e. The molecular weight excluding hydrogens is 290 g/mol. The predicted molar refractivity (Wildman–Crippen MR) is 71.3 cm³/mol. The number of methoxy groups -OCH3 is 1. The molecule has 0 aliphatic heterocycles. The fraction of sp³-hybridized carbons (Fsp3) is 0.455. The summed E-state index contributed by atoms with van der Waals surface area (Å²) in [6.07, 6.45) is 1.71. The van der Waals surface area contributed by atoms with Gasteiger partial charge in [0.1, 0.15) is 5.75 Å². The number of hydrogen-bond donors (Lipinski definition) is 1. The highest BCUT2D eigenvalue weighted by Crippen LogP contribution is 2.22. The Morgan fingerprint density at radius 2 is 2.25 bits per heavy atom. The topological polar surface area (TPSA) is 38.3 Å². The average molecular weight is 306 g/mol. The first-order valence-electron chi connectivity index (χ1n) is 4.96. The van der Waals surface area contributed by atoms with Crippen LogP contribution in [0.1, 0.15) is 5.56 Å². The van der Waals surface area contributed by atoms with E-state index in [1.54, 1.807) is 13.4 Å². The molecule has 3 nitrogen and oxygen atoms in total. The van der Waals surface area contributed by atoms with Crippen LogP contribution in [-0.2, 0) is 17.3 Å². The standard InChI is InChI=1S/C11H16BrNO2S/c1-15-11-4-3-10(12)7-9(11)8-13-5-6-16(2)14/h3-4,7,13H,5-6,8H2,1-2H3. The molecule has 1 rings (SSSR count). The van der Waals surface area contributed by atoms with Gasteiger partial charge in [0.2, 0.25) is 0 Å². The van der Waals surface area contributed by atoms with Gasteiger partial charge in [0.05, 0.1) is 7.11 Å². The minimum atomic E-state index is -0.738. The van der Waals surface area contributed by atoms with Gasteiger partial charge in [0.25, 0.3) is 0 Å². The monoisotopic (exact) mass is 305 g/mol. The maximum atomic E-state index is 10.9. The van der Waals surface area contributed by atoms with Crippen molar-refractivity contribution < 1.29 is 8.95 Å². The summed E-state index contributed by atoms with van der Waals surface area (Å²) in [5.74, 6) is 1.55. The Kier molecular flexibility index (Phi) is 6.01. The first kappa shape index (κ1) is 13.7. The van der Waals surface area contributed by atoms with Crippen molar-refractivity contribution in [3.63, 3.8) is 0 Å². The van der Waals surface area contributed by atoms with Crippen molar-refractivity contribution in [3.8, 4) is 5.75 Å². The van der Waals surface area contributed by atoms with Crippen LogP contribution in [0.25, 0.3) is 0 Å². The van der Waals surface area contributed by atoms with Gasteiger partial charge in [-0.15, -0.1) is 0 Å². The third-order valence-corrected chi connectivity index (χ3v) is 3.40. The van der Waals surface area contributed by atoms with E-state index in [1.807, 2.05) is 18.2 Å². The lowest BCUT2D eigenvalue weighted by molar-refractivity contribution is 0.408. The van der Waals surface area contributed by atoms with E-state index in [2.05, 4.69) is 21.2 Å². The molecule has 5 heteroatoms. The van der Waals surface area contributed by atoms with Crippen molar-refractivity contribution in [1.82, 2.24) is 5.32 Å². The smallest absolute Gasteiger partial charge is 0.123 e. The van der Waals surface area contributed by atoms with Crippen molar-refractivity contribution in [3.05, 3.63) is 28.2 Å². The van der Waals surface area contributed by atoms with E-state index < -0.39 is 10.8 Å². The molecule has 0 amide bonds. The largest absolute Gasteiger partial charge is 0.496 e. The lowest BCUT2D eigenvalue weighted by Gasteiger charge is -2.09. The molecule has 0 aromatic heterocycles. The number of hydrogen-bond acceptors (Lipinski definition) is 3. The second-order valence-corrected chi connectivity index (χ2v) is 5.88. The van der Waals surface area contributed by atoms with Gasteiger partial charge in [-0.3, -0.25) is 4.21 Å². The molecule has 1 aromatic carbocycles. The van der Waals surface area contributed by atoms with Crippen molar-refractivity contribution in [2.45, 2.75) is 6.54 Å². The van der Waals surface area contributed by atoms with Gasteiger partial charge in [-0.05, 0) is 18.2 Å². The van der Waals surface area contributed by atoms with Crippen molar-refractivity contribution in [1.29, 1.82) is 0 Å². The fourth-order valence-corrected chi connectivity index (χ4v) is 2.16. The summed E-state index contributed by atoms with van der Waals surface area (Å²) in [5.41, 5.74) is 1.10. The molecular formula is C11H16BrNO2S. The van der Waals surface area contributed by atoms with Gasteiger partial charge < -0.3 is 10.1 Å². The molecule has 90 valence electrons. The van der Waals surface area contributed by atoms with Gasteiger partial charge in [-0.2, -0.15) is 0 Å². The Hall–Kier alpha value is -0.390. The SMILES string of the molecule is COc1ccc(Br)cc1CNCCS(C)=O. The Bertz CT molecular complexity index is 371. The molecule has 1 unspecified atom stereocenters. The van der Waals surface area contributed by atoms with Crippen LogP contribution in [-0.4, -0.2) is 29.9 Å². The molecule has 16 heavy (non-hydrogen) atoms. The molecule has 0 aliphatic carbocycles. The number of ether oxygens (including phenoxy) is 1. The molecule has 0 saturated heterocycles. The molecule has 0 heterocycles. The lowest BCUT2D eigenvalue weighted by atomic mass is 10.2. The van der Waals surface area contributed by atoms with Gasteiger partial charge >= 0.3 is 0 Å². The van der Waals surface area contributed by atoms with Crippen LogP contribution in [0.5, 0.6) is 5.75 Å². The van der Waals surface area contributed by atoms with Crippen LogP contribution in [0.15, 0.2) is 22.7 Å². The quantitative estimate of drug-likeness (QED) is 0.816. The summed E-state index contributed by atoms with van der Waals surface area (Å²) >= 11 is 3.43. The summed E-state index contributed by atoms with van der Waals surface area (Å²) in [6, 6.07) is 5.90. The first-order chi connectivity index (χ1) is 7.63. The summed E-state index contributed by atoms with van der Waals surface area (Å²) < 4.78 is 17.2. The van der Waals surface area contributed by atoms with Gasteiger partial charge in [-0.25, -0.2) is 0 Å². The minimum absolute atomic E-state index is 0.677. The van der Waals surface area contributed by atoms with Crippen LogP contribution >= 0.6 is 15.9 Å². The zero-order chi connectivity index (χ0) is 12.0. The van der Waals surface area contributed by atoms with Gasteiger partial charge in [0, 0.05) is 45.9 Å². The fourth-order valence-electron chi connectivity index (χ4n) is 1.32. The highest BCUT2D eigenvalue weighted by molar-refractivity contribution is 9.10. The predicted octanol–water partition coefficient (Wildman–Crippen LogP) is 1.93. The van der Waals surface area contributed by atoms with E-state index in [0.29, 0.717) is 5.75 Å². The van der Waals surface area contributed by atoms with Gasteiger partial charge in [0.15, 0.2) is 0 Å². The zero-order valence-electron chi connectivity index (χ0n) is 9.46. The molecule has 0 bridgehead atoms. The number of nitrogens with one attached hydrogen (secondary N) is 1. The van der Waals surface area contributed by atoms with Crippen LogP contribution in [0.4, 0.5) is 0 Å². The highest BCUT2D eigenvalue weighted by Gasteiger charge is 2.03. The Labute approximate surface area is 107 Å². The molecule has 0 aliphatic rings. The molecule has 0 fully saturated rings. The first-order valence-corrected chi connectivity index (χ1v) is 7.48. The van der Waals surface area contributed by atoms with E-state index in [4.69, 9.17) is 4.74 Å². The molecule has 1 aromatic rings. The van der Waals surface area contributed by atoms with Gasteiger partial charge in [-0.1, -0.05) is 15.9 Å². The van der Waals surface area contributed by atoms with Crippen molar-refractivity contribution in [2.24, 2.45) is 0 Å². The average Bonchev–Trinajstić information content (AvgIpc) is 2.24. The zero-order valence-corrected chi connectivity index (χ0v) is 11.9. The number of rotatable bonds is 6. The molecule has 0 spiro atoms. The van der Waals surface area contributed by atoms with E-state index in [1.165, 1.54) is 0 Å². The number of halogens is 1. The van der Waals surface area contributed by atoms with E-state index in [9.17, 15) is 4.21 Å². The number of benzene rings is 1. The highest BCUT2D eigenvalue weighted by atomic mass is 79.9. The minimum Gasteiger partial charge on any atom is -0.496 e. The lowest BCUT2D eigenvalue weighted by Crippen LogP contribution is -2.20. The summed E-state index contributed by atoms with van der Waals surface area (Å²) in [6.45, 7) is 1.47. The second kappa shape index (κ2) is 7.04. The van der Waals surface area contributed by atoms with Crippen molar-refractivity contribution >= 4 is 26.7 Å². The maximum absolute atomic E-state index is 10.9. The van der Waals surface area contributed by atoms with Crippen LogP contribution < -0.4 is 10.1 Å².